The van der Waals surface area contributed by atoms with Gasteiger partial charge in [-0.25, -0.2) is 0 Å². The monoisotopic (exact) mass is 420 g/mol. The summed E-state index contributed by atoms with van der Waals surface area (Å²) in [5.74, 6) is 0.305. The number of carbonyl (C=O) groups excluding carboxylic acids is 1. The van der Waals surface area contributed by atoms with Gasteiger partial charge in [0.05, 0.1) is 19.1 Å². The molecule has 0 radical (unpaired) electrons. The first-order valence-electron chi connectivity index (χ1n) is 7.87. The minimum atomic E-state index is -4.07. The van der Waals surface area contributed by atoms with Gasteiger partial charge in [-0.1, -0.05) is 6.07 Å². The van der Waals surface area contributed by atoms with Crippen LogP contribution in [0.1, 0.15) is 5.56 Å². The molecule has 0 aliphatic carbocycles. The van der Waals surface area contributed by atoms with Crippen LogP contribution in [0.15, 0.2) is 57.3 Å². The molecule has 3 rings (SSSR count). The number of nitrogens with two attached hydrogens (primary N) is 1. The molecule has 1 heterocycles. The molecule has 8 nitrogen and oxygen atoms in total. The molecule has 146 valence electrons. The van der Waals surface area contributed by atoms with Crippen molar-refractivity contribution < 1.29 is 26.9 Å². The second-order valence-corrected chi connectivity index (χ2v) is 8.10. The van der Waals surface area contributed by atoms with Gasteiger partial charge < -0.3 is 19.4 Å². The molecule has 1 amide bonds. The van der Waals surface area contributed by atoms with Crippen LogP contribution in [-0.4, -0.2) is 33.7 Å². The maximum absolute atomic E-state index is 12.5. The molecule has 0 saturated heterocycles. The van der Waals surface area contributed by atoms with Crippen LogP contribution in [0.4, 0.5) is 0 Å². The van der Waals surface area contributed by atoms with E-state index in [2.05, 4.69) is 4.99 Å². The van der Waals surface area contributed by atoms with Crippen molar-refractivity contribution in [2.45, 2.75) is 4.90 Å². The van der Waals surface area contributed by atoms with Gasteiger partial charge in [-0.15, -0.1) is 0 Å². The Labute approximate surface area is 166 Å². The average Bonchev–Trinajstić information content (AvgIpc) is 2.99. The third-order valence-corrected chi connectivity index (χ3v) is 5.73. The molecule has 0 unspecified atom stereocenters. The zero-order chi connectivity index (χ0) is 20.3. The van der Waals surface area contributed by atoms with E-state index in [1.807, 2.05) is 0 Å². The number of rotatable bonds is 6. The van der Waals surface area contributed by atoms with E-state index in [0.717, 1.165) is 11.8 Å². The second kappa shape index (κ2) is 7.95. The van der Waals surface area contributed by atoms with E-state index in [0.29, 0.717) is 16.2 Å². The fourth-order valence-electron chi connectivity index (χ4n) is 2.33. The first-order valence-corrected chi connectivity index (χ1v) is 10.1. The third kappa shape index (κ3) is 4.29. The Morgan fingerprint density at radius 3 is 2.32 bits per heavy atom. The smallest absolute Gasteiger partial charge is 0.339 e. The number of methoxy groups -OCH3 is 2. The van der Waals surface area contributed by atoms with Crippen LogP contribution in [0.5, 0.6) is 17.2 Å². The number of carbonyl (C=O) groups is 1. The summed E-state index contributed by atoms with van der Waals surface area (Å²) in [5.41, 5.74) is 6.13. The van der Waals surface area contributed by atoms with Gasteiger partial charge in [-0.3, -0.25) is 4.79 Å². The van der Waals surface area contributed by atoms with Crippen molar-refractivity contribution in [3.05, 3.63) is 52.9 Å². The van der Waals surface area contributed by atoms with E-state index in [-0.39, 0.29) is 21.6 Å². The van der Waals surface area contributed by atoms with E-state index in [1.54, 1.807) is 18.2 Å². The number of nitrogens with zero attached hydrogens (tertiary/aromatic N) is 1. The Balaban J connectivity index is 1.86. The molecule has 0 spiro atoms. The number of amides is 1. The lowest BCUT2D eigenvalue weighted by molar-refractivity contribution is -0.113. The van der Waals surface area contributed by atoms with Gasteiger partial charge >= 0.3 is 10.1 Å². The van der Waals surface area contributed by atoms with Gasteiger partial charge in [0.15, 0.2) is 16.7 Å². The highest BCUT2D eigenvalue weighted by atomic mass is 32.2. The molecule has 0 bridgehead atoms. The van der Waals surface area contributed by atoms with Crippen LogP contribution < -0.4 is 19.4 Å². The summed E-state index contributed by atoms with van der Waals surface area (Å²) >= 11 is 1.06. The van der Waals surface area contributed by atoms with Gasteiger partial charge in [-0.05, 0) is 59.8 Å². The number of benzene rings is 2. The van der Waals surface area contributed by atoms with Gasteiger partial charge in [-0.2, -0.15) is 13.4 Å². The predicted molar refractivity (Wildman–Crippen MR) is 106 cm³/mol. The minimum absolute atomic E-state index is 0.0154. The zero-order valence-corrected chi connectivity index (χ0v) is 16.5. The Kier molecular flexibility index (Phi) is 5.61. The van der Waals surface area contributed by atoms with E-state index in [9.17, 15) is 13.2 Å². The molecule has 0 fully saturated rings. The number of thioether (sulfide) groups is 1. The van der Waals surface area contributed by atoms with Crippen LogP contribution in [0.25, 0.3) is 6.08 Å². The Morgan fingerprint density at radius 2 is 1.75 bits per heavy atom. The molecule has 2 aromatic rings. The fraction of sp³-hybridized carbons (Fsp3) is 0.111. The first-order chi connectivity index (χ1) is 13.3. The largest absolute Gasteiger partial charge is 0.497 e. The van der Waals surface area contributed by atoms with Crippen LogP contribution in [0.2, 0.25) is 0 Å². The topological polar surface area (TPSA) is 117 Å². The van der Waals surface area contributed by atoms with Crippen molar-refractivity contribution in [3.8, 4) is 17.2 Å². The van der Waals surface area contributed by atoms with Crippen LogP contribution in [-0.2, 0) is 14.9 Å². The molecule has 2 N–H and O–H groups in total. The molecule has 2 aromatic carbocycles. The van der Waals surface area contributed by atoms with Crippen molar-refractivity contribution in [2.75, 3.05) is 14.2 Å². The number of hydrogen-bond donors (Lipinski definition) is 1. The van der Waals surface area contributed by atoms with Crippen molar-refractivity contribution in [3.63, 3.8) is 0 Å². The van der Waals surface area contributed by atoms with Crippen LogP contribution in [0.3, 0.4) is 0 Å². The molecule has 0 saturated carbocycles. The Hall–Kier alpha value is -2.98. The van der Waals surface area contributed by atoms with Crippen molar-refractivity contribution >= 4 is 39.0 Å². The molecular formula is C18H16N2O6S2. The second-order valence-electron chi connectivity index (χ2n) is 5.49. The quantitative estimate of drug-likeness (QED) is 0.559. The van der Waals surface area contributed by atoms with E-state index in [1.165, 1.54) is 44.6 Å². The SMILES string of the molecule is COc1ccc(S(=O)(=O)Oc2ccc(/C=C3\SC(N)=NC3=O)cc2OC)cc1. The summed E-state index contributed by atoms with van der Waals surface area (Å²) < 4.78 is 40.5. The maximum atomic E-state index is 12.5. The minimum Gasteiger partial charge on any atom is -0.497 e. The zero-order valence-electron chi connectivity index (χ0n) is 14.9. The van der Waals surface area contributed by atoms with Crippen molar-refractivity contribution in [2.24, 2.45) is 10.7 Å². The van der Waals surface area contributed by atoms with Gasteiger partial charge in [0.2, 0.25) is 0 Å². The summed E-state index contributed by atoms with van der Waals surface area (Å²) in [6.07, 6.45) is 1.58. The van der Waals surface area contributed by atoms with E-state index < -0.39 is 16.0 Å². The average molecular weight is 420 g/mol. The molecule has 1 aliphatic rings. The van der Waals surface area contributed by atoms with E-state index >= 15 is 0 Å². The van der Waals surface area contributed by atoms with E-state index in [4.69, 9.17) is 19.4 Å². The molecule has 0 aromatic heterocycles. The number of aliphatic imine (C=N–C) groups is 1. The summed E-state index contributed by atoms with van der Waals surface area (Å²) in [6, 6.07) is 10.4. The molecule has 10 heteroatoms. The highest BCUT2D eigenvalue weighted by Gasteiger charge is 2.21. The number of ether oxygens (including phenoxy) is 2. The number of amidine groups is 1. The van der Waals surface area contributed by atoms with Gasteiger partial charge in [0.25, 0.3) is 5.91 Å². The highest BCUT2D eigenvalue weighted by molar-refractivity contribution is 8.18. The standard InChI is InChI=1S/C18H16N2O6S2/c1-24-12-4-6-13(7-5-12)28(22,23)26-14-8-3-11(9-15(14)25-2)10-16-17(21)20-18(19)27-16/h3-10H,1-2H3,(H2,19,20,21)/b16-10-. The Bertz CT molecular complexity index is 1080. The van der Waals surface area contributed by atoms with Crippen LogP contribution in [0, 0.1) is 0 Å². The van der Waals surface area contributed by atoms with Crippen molar-refractivity contribution in [1.82, 2.24) is 0 Å². The van der Waals surface area contributed by atoms with Gasteiger partial charge in [0.1, 0.15) is 10.6 Å². The maximum Gasteiger partial charge on any atom is 0.339 e. The summed E-state index contributed by atoms with van der Waals surface area (Å²) in [6.45, 7) is 0. The molecule has 28 heavy (non-hydrogen) atoms. The third-order valence-electron chi connectivity index (χ3n) is 3.67. The van der Waals surface area contributed by atoms with Crippen LogP contribution >= 0.6 is 11.8 Å². The lowest BCUT2D eigenvalue weighted by Crippen LogP contribution is -2.10. The lowest BCUT2D eigenvalue weighted by Gasteiger charge is -2.12. The summed E-state index contributed by atoms with van der Waals surface area (Å²) in [5, 5.41) is 0.175. The summed E-state index contributed by atoms with van der Waals surface area (Å²) in [7, 11) is -1.20. The lowest BCUT2D eigenvalue weighted by atomic mass is 10.2. The van der Waals surface area contributed by atoms with Crippen molar-refractivity contribution in [1.29, 1.82) is 0 Å². The summed E-state index contributed by atoms with van der Waals surface area (Å²) in [4.78, 5) is 15.7. The normalized spacial score (nSPS) is 15.4. The molecular weight excluding hydrogens is 404 g/mol. The first kappa shape index (κ1) is 19.8. The predicted octanol–water partition coefficient (Wildman–Crippen LogP) is 2.40. The van der Waals surface area contributed by atoms with Gasteiger partial charge in [0, 0.05) is 0 Å². The molecule has 0 atom stereocenters. The Morgan fingerprint density at radius 1 is 1.04 bits per heavy atom. The highest BCUT2D eigenvalue weighted by Crippen LogP contribution is 2.33. The number of hydrogen-bond acceptors (Lipinski definition) is 8. The molecule has 1 aliphatic heterocycles. The fourth-order valence-corrected chi connectivity index (χ4v) is 3.95.